The van der Waals surface area contributed by atoms with Gasteiger partial charge in [-0.25, -0.2) is 0 Å². The number of halogens is 1. The van der Waals surface area contributed by atoms with E-state index in [-0.39, 0.29) is 0 Å². The lowest BCUT2D eigenvalue weighted by Crippen LogP contribution is -2.21. The van der Waals surface area contributed by atoms with Crippen molar-refractivity contribution in [2.24, 2.45) is 0 Å². The first-order valence-electron chi connectivity index (χ1n) is 9.05. The third-order valence-electron chi connectivity index (χ3n) is 4.35. The van der Waals surface area contributed by atoms with Crippen LogP contribution in [0.3, 0.4) is 0 Å². The fourth-order valence-corrected chi connectivity index (χ4v) is 3.02. The molecule has 0 spiro atoms. The SMILES string of the molecule is COc1ccc(CNC(=S)c2ccc(OCc3ccc(Cl)cc3)c(OC)c2)cc1. The minimum absolute atomic E-state index is 0.424. The monoisotopic (exact) mass is 427 g/mol. The average Bonchev–Trinajstić information content (AvgIpc) is 2.77. The van der Waals surface area contributed by atoms with Gasteiger partial charge in [-0.2, -0.15) is 0 Å². The van der Waals surface area contributed by atoms with E-state index in [9.17, 15) is 0 Å². The Morgan fingerprint density at radius 2 is 1.55 bits per heavy atom. The zero-order valence-electron chi connectivity index (χ0n) is 16.3. The summed E-state index contributed by atoms with van der Waals surface area (Å²) in [7, 11) is 3.26. The molecule has 0 amide bonds. The lowest BCUT2D eigenvalue weighted by atomic mass is 10.1. The molecule has 6 heteroatoms. The van der Waals surface area contributed by atoms with Crippen molar-refractivity contribution in [2.75, 3.05) is 14.2 Å². The van der Waals surface area contributed by atoms with Crippen molar-refractivity contribution in [3.8, 4) is 17.2 Å². The fraction of sp³-hybridized carbons (Fsp3) is 0.174. The molecule has 0 saturated carbocycles. The topological polar surface area (TPSA) is 39.7 Å². The van der Waals surface area contributed by atoms with Gasteiger partial charge < -0.3 is 19.5 Å². The number of hydrogen-bond acceptors (Lipinski definition) is 4. The van der Waals surface area contributed by atoms with Crippen LogP contribution in [0.15, 0.2) is 66.7 Å². The molecule has 0 atom stereocenters. The molecule has 0 fully saturated rings. The highest BCUT2D eigenvalue weighted by atomic mass is 35.5. The first-order chi connectivity index (χ1) is 14.1. The summed E-state index contributed by atoms with van der Waals surface area (Å²) in [6, 6.07) is 21.1. The van der Waals surface area contributed by atoms with Crippen LogP contribution in [0.25, 0.3) is 0 Å². The van der Waals surface area contributed by atoms with E-state index in [1.54, 1.807) is 14.2 Å². The Hall–Kier alpha value is -2.76. The summed E-state index contributed by atoms with van der Waals surface area (Å²) >= 11 is 11.4. The number of thiocarbonyl (C=S) groups is 1. The number of benzene rings is 3. The molecule has 0 heterocycles. The smallest absolute Gasteiger partial charge is 0.161 e. The van der Waals surface area contributed by atoms with Gasteiger partial charge in [0.15, 0.2) is 11.5 Å². The van der Waals surface area contributed by atoms with Crippen molar-refractivity contribution in [3.05, 3.63) is 88.4 Å². The summed E-state index contributed by atoms with van der Waals surface area (Å²) in [5, 5.41) is 3.97. The van der Waals surface area contributed by atoms with Gasteiger partial charge in [0.1, 0.15) is 17.3 Å². The fourth-order valence-electron chi connectivity index (χ4n) is 2.70. The van der Waals surface area contributed by atoms with E-state index in [2.05, 4.69) is 5.32 Å². The van der Waals surface area contributed by atoms with Crippen molar-refractivity contribution < 1.29 is 14.2 Å². The molecular formula is C23H22ClNO3S. The number of hydrogen-bond donors (Lipinski definition) is 1. The Bertz CT molecular complexity index is 959. The van der Waals surface area contributed by atoms with Crippen LogP contribution < -0.4 is 19.5 Å². The van der Waals surface area contributed by atoms with E-state index in [1.807, 2.05) is 66.7 Å². The summed E-state index contributed by atoms with van der Waals surface area (Å²) in [4.78, 5) is 0.642. The highest BCUT2D eigenvalue weighted by Crippen LogP contribution is 2.29. The van der Waals surface area contributed by atoms with Gasteiger partial charge in [0.25, 0.3) is 0 Å². The molecule has 0 aliphatic rings. The molecule has 0 aliphatic carbocycles. The number of nitrogens with one attached hydrogen (secondary N) is 1. The van der Waals surface area contributed by atoms with Crippen LogP contribution in [0.2, 0.25) is 5.02 Å². The van der Waals surface area contributed by atoms with Crippen LogP contribution in [-0.4, -0.2) is 19.2 Å². The largest absolute Gasteiger partial charge is 0.497 e. The van der Waals surface area contributed by atoms with E-state index >= 15 is 0 Å². The predicted molar refractivity (Wildman–Crippen MR) is 120 cm³/mol. The third-order valence-corrected chi connectivity index (χ3v) is 4.98. The third kappa shape index (κ3) is 5.86. The maximum absolute atomic E-state index is 5.92. The van der Waals surface area contributed by atoms with Crippen molar-refractivity contribution in [3.63, 3.8) is 0 Å². The van der Waals surface area contributed by atoms with Gasteiger partial charge in [0, 0.05) is 17.1 Å². The lowest BCUT2D eigenvalue weighted by Gasteiger charge is -2.14. The second-order valence-electron chi connectivity index (χ2n) is 6.31. The van der Waals surface area contributed by atoms with Gasteiger partial charge in [-0.3, -0.25) is 0 Å². The van der Waals surface area contributed by atoms with Crippen molar-refractivity contribution >= 4 is 28.8 Å². The number of ether oxygens (including phenoxy) is 3. The molecule has 150 valence electrons. The van der Waals surface area contributed by atoms with E-state index in [1.165, 1.54) is 0 Å². The van der Waals surface area contributed by atoms with Crippen LogP contribution >= 0.6 is 23.8 Å². The molecule has 3 rings (SSSR count). The normalized spacial score (nSPS) is 10.3. The molecule has 0 saturated heterocycles. The summed E-state index contributed by atoms with van der Waals surface area (Å²) in [5.74, 6) is 2.12. The molecule has 3 aromatic rings. The van der Waals surface area contributed by atoms with Crippen LogP contribution in [0.1, 0.15) is 16.7 Å². The number of rotatable bonds is 8. The molecule has 29 heavy (non-hydrogen) atoms. The first kappa shape index (κ1) is 21.0. The van der Waals surface area contributed by atoms with Crippen molar-refractivity contribution in [1.82, 2.24) is 5.32 Å². The van der Waals surface area contributed by atoms with E-state index in [4.69, 9.17) is 38.0 Å². The van der Waals surface area contributed by atoms with Gasteiger partial charge in [-0.15, -0.1) is 0 Å². The maximum atomic E-state index is 5.92. The average molecular weight is 428 g/mol. The van der Waals surface area contributed by atoms with Crippen LogP contribution in [0.5, 0.6) is 17.2 Å². The summed E-state index contributed by atoms with van der Waals surface area (Å²) in [5.41, 5.74) is 3.00. The highest BCUT2D eigenvalue weighted by Gasteiger charge is 2.09. The Morgan fingerprint density at radius 1 is 0.862 bits per heavy atom. The second kappa shape index (κ2) is 10.1. The van der Waals surface area contributed by atoms with Gasteiger partial charge in [-0.05, 0) is 53.6 Å². The zero-order chi connectivity index (χ0) is 20.6. The molecule has 1 N–H and O–H groups in total. The van der Waals surface area contributed by atoms with Crippen molar-refractivity contribution in [1.29, 1.82) is 0 Å². The zero-order valence-corrected chi connectivity index (χ0v) is 17.8. The van der Waals surface area contributed by atoms with Crippen molar-refractivity contribution in [2.45, 2.75) is 13.2 Å². The Kier molecular flexibility index (Phi) is 7.33. The van der Waals surface area contributed by atoms with Crippen LogP contribution in [0, 0.1) is 0 Å². The lowest BCUT2D eigenvalue weighted by molar-refractivity contribution is 0.284. The van der Waals surface area contributed by atoms with Gasteiger partial charge in [0.05, 0.1) is 14.2 Å². The summed E-state index contributed by atoms with van der Waals surface area (Å²) in [6.07, 6.45) is 0. The Labute approximate surface area is 181 Å². The quantitative estimate of drug-likeness (QED) is 0.487. The van der Waals surface area contributed by atoms with Crippen LogP contribution in [-0.2, 0) is 13.2 Å². The van der Waals surface area contributed by atoms with E-state index in [0.717, 1.165) is 22.4 Å². The summed E-state index contributed by atoms with van der Waals surface area (Å²) < 4.78 is 16.6. The Balaban J connectivity index is 1.61. The van der Waals surface area contributed by atoms with Crippen LogP contribution in [0.4, 0.5) is 0 Å². The molecule has 0 bridgehead atoms. The van der Waals surface area contributed by atoms with Gasteiger partial charge in [0.2, 0.25) is 0 Å². The molecular weight excluding hydrogens is 406 g/mol. The molecule has 0 radical (unpaired) electrons. The number of methoxy groups -OCH3 is 2. The highest BCUT2D eigenvalue weighted by molar-refractivity contribution is 7.80. The molecule has 4 nitrogen and oxygen atoms in total. The molecule has 0 unspecified atom stereocenters. The summed E-state index contributed by atoms with van der Waals surface area (Å²) in [6.45, 7) is 1.05. The minimum atomic E-state index is 0.424. The molecule has 3 aromatic carbocycles. The standard InChI is InChI=1S/C23H22ClNO3S/c1-26-20-10-5-16(6-11-20)14-25-23(29)18-7-12-21(22(13-18)27-2)28-15-17-3-8-19(24)9-4-17/h3-13H,14-15H2,1-2H3,(H,25,29). The second-order valence-corrected chi connectivity index (χ2v) is 7.16. The van der Waals surface area contributed by atoms with Gasteiger partial charge >= 0.3 is 0 Å². The molecule has 0 aliphatic heterocycles. The van der Waals surface area contributed by atoms with E-state index < -0.39 is 0 Å². The maximum Gasteiger partial charge on any atom is 0.161 e. The van der Waals surface area contributed by atoms with E-state index in [0.29, 0.717) is 34.7 Å². The molecule has 0 aromatic heterocycles. The van der Waals surface area contributed by atoms with Gasteiger partial charge in [-0.1, -0.05) is 48.1 Å². The first-order valence-corrected chi connectivity index (χ1v) is 9.84. The Morgan fingerprint density at radius 3 is 2.21 bits per heavy atom. The predicted octanol–water partition coefficient (Wildman–Crippen LogP) is 5.40. The minimum Gasteiger partial charge on any atom is -0.497 e.